The summed E-state index contributed by atoms with van der Waals surface area (Å²) in [7, 11) is 0. The van der Waals surface area contributed by atoms with Gasteiger partial charge in [-0.1, -0.05) is 41.4 Å². The summed E-state index contributed by atoms with van der Waals surface area (Å²) < 4.78 is 5.80. The fourth-order valence-electron chi connectivity index (χ4n) is 3.81. The van der Waals surface area contributed by atoms with Gasteiger partial charge in [-0.2, -0.15) is 0 Å². The molecule has 0 bridgehead atoms. The van der Waals surface area contributed by atoms with Crippen LogP contribution in [0, 0.1) is 12.8 Å². The number of nitrogens with one attached hydrogen (secondary N) is 1. The number of likely N-dealkylation sites (tertiary alicyclic amines) is 1. The zero-order valence-corrected chi connectivity index (χ0v) is 19.1. The highest BCUT2D eigenvalue weighted by Crippen LogP contribution is 2.37. The van der Waals surface area contributed by atoms with Gasteiger partial charge in [-0.25, -0.2) is 4.98 Å². The fraction of sp³-hybridized carbons (Fsp3) is 0.292. The lowest BCUT2D eigenvalue weighted by molar-refractivity contribution is -0.136. The quantitative estimate of drug-likeness (QED) is 0.561. The highest BCUT2D eigenvalue weighted by Gasteiger charge is 2.28. The number of carbonyl (C=O) groups is 2. The number of benzene rings is 2. The van der Waals surface area contributed by atoms with Gasteiger partial charge in [0, 0.05) is 35.8 Å². The number of rotatable bonds is 5. The molecule has 3 aromatic rings. The van der Waals surface area contributed by atoms with E-state index in [1.54, 1.807) is 11.0 Å². The van der Waals surface area contributed by atoms with Crippen molar-refractivity contribution in [3.63, 3.8) is 0 Å². The largest absolute Gasteiger partial charge is 0.480 e. The lowest BCUT2D eigenvalue weighted by atomic mass is 9.95. The predicted octanol–water partition coefficient (Wildman–Crippen LogP) is 5.11. The first kappa shape index (κ1) is 22.4. The Bertz CT molecular complexity index is 1150. The van der Waals surface area contributed by atoms with Crippen LogP contribution in [0.1, 0.15) is 18.5 Å². The lowest BCUT2D eigenvalue weighted by Crippen LogP contribution is -2.43. The van der Waals surface area contributed by atoms with Gasteiger partial charge in [0.05, 0.1) is 10.0 Å². The highest BCUT2D eigenvalue weighted by molar-refractivity contribution is 6.39. The number of hydrogen-bond donors (Lipinski definition) is 1. The van der Waals surface area contributed by atoms with E-state index < -0.39 is 0 Å². The summed E-state index contributed by atoms with van der Waals surface area (Å²) in [6.45, 7) is 2.71. The molecule has 4 rings (SSSR count). The second-order valence-electron chi connectivity index (χ2n) is 7.82. The zero-order chi connectivity index (χ0) is 22.7. The number of para-hydroxylation sites is 1. The molecule has 2 amide bonds. The minimum atomic E-state index is -0.160. The second-order valence-corrected chi connectivity index (χ2v) is 8.63. The Morgan fingerprint density at radius 3 is 2.53 bits per heavy atom. The monoisotopic (exact) mass is 471 g/mol. The molecule has 0 spiro atoms. The Balaban J connectivity index is 1.35. The minimum Gasteiger partial charge on any atom is -0.480 e. The molecule has 0 saturated carbocycles. The summed E-state index contributed by atoms with van der Waals surface area (Å²) in [4.78, 5) is 31.4. The maximum absolute atomic E-state index is 12.7. The Kier molecular flexibility index (Phi) is 6.82. The summed E-state index contributed by atoms with van der Waals surface area (Å²) in [6.07, 6.45) is 1.21. The van der Waals surface area contributed by atoms with Gasteiger partial charge in [0.1, 0.15) is 5.52 Å². The summed E-state index contributed by atoms with van der Waals surface area (Å²) in [5.41, 5.74) is 2.11. The molecule has 1 N–H and O–H groups in total. The first-order valence-electron chi connectivity index (χ1n) is 10.4. The van der Waals surface area contributed by atoms with Gasteiger partial charge in [-0.15, -0.1) is 0 Å². The second kappa shape index (κ2) is 9.76. The number of halogens is 2. The van der Waals surface area contributed by atoms with Gasteiger partial charge in [0.25, 0.3) is 5.91 Å². The van der Waals surface area contributed by atoms with Crippen LogP contribution in [0.2, 0.25) is 10.0 Å². The summed E-state index contributed by atoms with van der Waals surface area (Å²) in [5.74, 6) is 0.0568. The standard InChI is InChI=1S/C24H23Cl2N3O3/c1-15-7-8-18-19(25)13-20(26)23(22(18)27-15)32-14-21(30)29-11-9-16(10-12-29)24(31)28-17-5-3-2-4-6-17/h2-8,13,16H,9-12,14H2,1H3,(H,28,31). The zero-order valence-electron chi connectivity index (χ0n) is 17.6. The van der Waals surface area contributed by atoms with Gasteiger partial charge in [0.2, 0.25) is 5.91 Å². The number of amides is 2. The number of ether oxygens (including phenoxy) is 1. The average molecular weight is 472 g/mol. The molecule has 0 atom stereocenters. The van der Waals surface area contributed by atoms with E-state index in [2.05, 4.69) is 10.3 Å². The van der Waals surface area contributed by atoms with E-state index in [0.29, 0.717) is 52.6 Å². The van der Waals surface area contributed by atoms with E-state index in [-0.39, 0.29) is 24.3 Å². The van der Waals surface area contributed by atoms with Crippen LogP contribution in [-0.2, 0) is 9.59 Å². The normalized spacial score (nSPS) is 14.4. The first-order chi connectivity index (χ1) is 15.4. The van der Waals surface area contributed by atoms with Gasteiger partial charge >= 0.3 is 0 Å². The van der Waals surface area contributed by atoms with Crippen LogP contribution in [0.15, 0.2) is 48.5 Å². The maximum Gasteiger partial charge on any atom is 0.260 e. The van der Waals surface area contributed by atoms with Crippen molar-refractivity contribution >= 4 is 51.6 Å². The van der Waals surface area contributed by atoms with Crippen LogP contribution in [-0.4, -0.2) is 41.4 Å². The van der Waals surface area contributed by atoms with Crippen molar-refractivity contribution in [1.29, 1.82) is 0 Å². The molecule has 6 nitrogen and oxygen atoms in total. The molecule has 1 aliphatic rings. The van der Waals surface area contributed by atoms with Crippen molar-refractivity contribution in [1.82, 2.24) is 9.88 Å². The van der Waals surface area contributed by atoms with Crippen LogP contribution >= 0.6 is 23.2 Å². The third-order valence-corrected chi connectivity index (χ3v) is 6.17. The molecule has 2 heterocycles. The summed E-state index contributed by atoms with van der Waals surface area (Å²) in [6, 6.07) is 14.7. The molecular formula is C24H23Cl2N3O3. The van der Waals surface area contributed by atoms with E-state index in [0.717, 1.165) is 11.4 Å². The number of nitrogens with zero attached hydrogens (tertiary/aromatic N) is 2. The molecule has 0 aliphatic carbocycles. The van der Waals surface area contributed by atoms with Crippen molar-refractivity contribution in [2.45, 2.75) is 19.8 Å². The van der Waals surface area contributed by atoms with Gasteiger partial charge < -0.3 is 15.0 Å². The SMILES string of the molecule is Cc1ccc2c(Cl)cc(Cl)c(OCC(=O)N3CCC(C(=O)Nc4ccccc4)CC3)c2n1. The molecule has 2 aromatic carbocycles. The highest BCUT2D eigenvalue weighted by atomic mass is 35.5. The summed E-state index contributed by atoms with van der Waals surface area (Å²) in [5, 5.41) is 4.44. The smallest absolute Gasteiger partial charge is 0.260 e. The molecule has 32 heavy (non-hydrogen) atoms. The number of aryl methyl sites for hydroxylation is 1. The van der Waals surface area contributed by atoms with Crippen molar-refractivity contribution in [3.8, 4) is 5.75 Å². The summed E-state index contributed by atoms with van der Waals surface area (Å²) >= 11 is 12.6. The van der Waals surface area contributed by atoms with Crippen molar-refractivity contribution in [2.75, 3.05) is 25.0 Å². The molecule has 1 saturated heterocycles. The third-order valence-electron chi connectivity index (χ3n) is 5.58. The Labute approximate surface area is 196 Å². The number of carbonyl (C=O) groups excluding carboxylic acids is 2. The van der Waals surface area contributed by atoms with Crippen molar-refractivity contribution in [3.05, 3.63) is 64.3 Å². The Morgan fingerprint density at radius 2 is 1.81 bits per heavy atom. The van der Waals surface area contributed by atoms with E-state index in [1.807, 2.05) is 49.4 Å². The average Bonchev–Trinajstić information content (AvgIpc) is 2.79. The lowest BCUT2D eigenvalue weighted by Gasteiger charge is -2.31. The molecular weight excluding hydrogens is 449 g/mol. The number of aromatic nitrogens is 1. The molecule has 1 fully saturated rings. The van der Waals surface area contributed by atoms with Crippen molar-refractivity contribution in [2.24, 2.45) is 5.92 Å². The van der Waals surface area contributed by atoms with Crippen LogP contribution in [0.25, 0.3) is 10.9 Å². The van der Waals surface area contributed by atoms with Crippen LogP contribution in [0.3, 0.4) is 0 Å². The molecule has 166 valence electrons. The number of hydrogen-bond acceptors (Lipinski definition) is 4. The van der Waals surface area contributed by atoms with E-state index >= 15 is 0 Å². The molecule has 8 heteroatoms. The maximum atomic E-state index is 12.7. The van der Waals surface area contributed by atoms with Crippen LogP contribution in [0.5, 0.6) is 5.75 Å². The fourth-order valence-corrected chi connectivity index (χ4v) is 4.38. The van der Waals surface area contributed by atoms with Crippen LogP contribution < -0.4 is 10.1 Å². The van der Waals surface area contributed by atoms with E-state index in [4.69, 9.17) is 27.9 Å². The van der Waals surface area contributed by atoms with E-state index in [1.165, 1.54) is 0 Å². The Hall–Kier alpha value is -2.83. The predicted molar refractivity (Wildman–Crippen MR) is 126 cm³/mol. The Morgan fingerprint density at radius 1 is 1.09 bits per heavy atom. The number of anilines is 1. The van der Waals surface area contributed by atoms with E-state index in [9.17, 15) is 9.59 Å². The topological polar surface area (TPSA) is 71.5 Å². The van der Waals surface area contributed by atoms with Gasteiger partial charge in [-0.3, -0.25) is 9.59 Å². The third kappa shape index (κ3) is 4.97. The first-order valence-corrected chi connectivity index (χ1v) is 11.2. The van der Waals surface area contributed by atoms with Crippen molar-refractivity contribution < 1.29 is 14.3 Å². The number of pyridine rings is 1. The van der Waals surface area contributed by atoms with Gasteiger partial charge in [0.15, 0.2) is 12.4 Å². The molecule has 1 aromatic heterocycles. The minimum absolute atomic E-state index is 0.0135. The van der Waals surface area contributed by atoms with Gasteiger partial charge in [-0.05, 0) is 50.1 Å². The number of piperidine rings is 1. The molecule has 0 radical (unpaired) electrons. The number of fused-ring (bicyclic) bond motifs is 1. The van der Waals surface area contributed by atoms with Crippen LogP contribution in [0.4, 0.5) is 5.69 Å². The molecule has 0 unspecified atom stereocenters. The molecule has 1 aliphatic heterocycles.